The molecule has 104 valence electrons. The predicted molar refractivity (Wildman–Crippen MR) is 76.0 cm³/mol. The van der Waals surface area contributed by atoms with Crippen molar-refractivity contribution in [3.63, 3.8) is 0 Å². The minimum absolute atomic E-state index is 0.313. The Labute approximate surface area is 114 Å². The van der Waals surface area contributed by atoms with Crippen molar-refractivity contribution in [3.8, 4) is 0 Å². The maximum atomic E-state index is 11.9. The summed E-state index contributed by atoms with van der Waals surface area (Å²) < 4.78 is 5.40. The van der Waals surface area contributed by atoms with E-state index in [0.717, 1.165) is 26.1 Å². The van der Waals surface area contributed by atoms with Crippen molar-refractivity contribution in [1.82, 2.24) is 4.90 Å². The fourth-order valence-corrected chi connectivity index (χ4v) is 2.53. The number of hydrogen-bond donors (Lipinski definition) is 1. The predicted octanol–water partition coefficient (Wildman–Crippen LogP) is 2.16. The van der Waals surface area contributed by atoms with Crippen LogP contribution in [-0.4, -0.2) is 37.1 Å². The molecule has 1 aliphatic heterocycles. The van der Waals surface area contributed by atoms with E-state index in [4.69, 9.17) is 10.5 Å². The maximum Gasteiger partial charge on any atom is 0.340 e. The highest BCUT2D eigenvalue weighted by Crippen LogP contribution is 2.18. The summed E-state index contributed by atoms with van der Waals surface area (Å²) in [6.45, 7) is 5.90. The van der Waals surface area contributed by atoms with Crippen LogP contribution in [0.4, 0.5) is 5.69 Å². The lowest BCUT2D eigenvalue weighted by atomic mass is 9.99. The summed E-state index contributed by atoms with van der Waals surface area (Å²) in [5.74, 6) is 0.134. The summed E-state index contributed by atoms with van der Waals surface area (Å²) in [5.41, 5.74) is 6.71. The number of hydrogen-bond acceptors (Lipinski definition) is 4. The Morgan fingerprint density at radius 1 is 1.47 bits per heavy atom. The Balaban J connectivity index is 1.85. The van der Waals surface area contributed by atoms with Gasteiger partial charge in [0.25, 0.3) is 0 Å². The number of ether oxygens (including phenoxy) is 1. The van der Waals surface area contributed by atoms with E-state index in [-0.39, 0.29) is 5.97 Å². The standard InChI is InChI=1S/C15H22N2O2/c1-2-17-9-5-6-12(10-17)11-19-15(18)13-7-3-4-8-14(13)16/h3-4,7-8,12H,2,5-6,9-11,16H2,1H3. The van der Waals surface area contributed by atoms with Crippen LogP contribution < -0.4 is 5.73 Å². The number of carbonyl (C=O) groups is 1. The Bertz CT molecular complexity index is 434. The summed E-state index contributed by atoms with van der Waals surface area (Å²) in [6, 6.07) is 7.03. The molecule has 1 saturated heterocycles. The number of rotatable bonds is 4. The van der Waals surface area contributed by atoms with Crippen molar-refractivity contribution >= 4 is 11.7 Å². The lowest BCUT2D eigenvalue weighted by Gasteiger charge is -2.31. The molecule has 4 heteroatoms. The zero-order valence-electron chi connectivity index (χ0n) is 11.5. The third kappa shape index (κ3) is 3.70. The van der Waals surface area contributed by atoms with Gasteiger partial charge in [0, 0.05) is 18.2 Å². The molecule has 19 heavy (non-hydrogen) atoms. The summed E-state index contributed by atoms with van der Waals surface area (Å²) in [7, 11) is 0. The molecular weight excluding hydrogens is 240 g/mol. The molecule has 0 bridgehead atoms. The van der Waals surface area contributed by atoms with Crippen LogP contribution in [-0.2, 0) is 4.74 Å². The number of carbonyl (C=O) groups excluding carboxylic acids is 1. The first kappa shape index (κ1) is 13.9. The molecule has 1 aromatic carbocycles. The molecule has 1 unspecified atom stereocenters. The van der Waals surface area contributed by atoms with Gasteiger partial charge in [0.15, 0.2) is 0 Å². The van der Waals surface area contributed by atoms with Crippen LogP contribution in [0, 0.1) is 5.92 Å². The molecule has 4 nitrogen and oxygen atoms in total. The Morgan fingerprint density at radius 2 is 2.26 bits per heavy atom. The first-order valence-electron chi connectivity index (χ1n) is 6.94. The second-order valence-corrected chi connectivity index (χ2v) is 5.09. The Kier molecular flexibility index (Phi) is 4.80. The minimum atomic E-state index is -0.313. The molecule has 1 aromatic rings. The first-order valence-corrected chi connectivity index (χ1v) is 6.94. The SMILES string of the molecule is CCN1CCCC(COC(=O)c2ccccc2N)C1. The van der Waals surface area contributed by atoms with Gasteiger partial charge >= 0.3 is 5.97 Å². The molecule has 0 saturated carbocycles. The van der Waals surface area contributed by atoms with E-state index in [0.29, 0.717) is 23.8 Å². The van der Waals surface area contributed by atoms with Gasteiger partial charge in [0.2, 0.25) is 0 Å². The summed E-state index contributed by atoms with van der Waals surface area (Å²) in [5, 5.41) is 0. The smallest absolute Gasteiger partial charge is 0.340 e. The molecule has 0 radical (unpaired) electrons. The van der Waals surface area contributed by atoms with Gasteiger partial charge in [0.1, 0.15) is 0 Å². The first-order chi connectivity index (χ1) is 9.20. The van der Waals surface area contributed by atoms with Crippen molar-refractivity contribution in [3.05, 3.63) is 29.8 Å². The fourth-order valence-electron chi connectivity index (χ4n) is 2.53. The van der Waals surface area contributed by atoms with E-state index in [1.54, 1.807) is 18.2 Å². The normalized spacial score (nSPS) is 20.2. The van der Waals surface area contributed by atoms with Gasteiger partial charge < -0.3 is 15.4 Å². The molecule has 0 aliphatic carbocycles. The van der Waals surface area contributed by atoms with Gasteiger partial charge in [0.05, 0.1) is 12.2 Å². The van der Waals surface area contributed by atoms with Gasteiger partial charge in [-0.05, 0) is 38.1 Å². The third-order valence-corrected chi connectivity index (χ3v) is 3.68. The molecule has 1 atom stereocenters. The number of esters is 1. The van der Waals surface area contributed by atoms with E-state index in [2.05, 4.69) is 11.8 Å². The highest BCUT2D eigenvalue weighted by molar-refractivity contribution is 5.94. The van der Waals surface area contributed by atoms with Crippen molar-refractivity contribution in [1.29, 1.82) is 0 Å². The second kappa shape index (κ2) is 6.57. The zero-order chi connectivity index (χ0) is 13.7. The van der Waals surface area contributed by atoms with Gasteiger partial charge in [-0.3, -0.25) is 0 Å². The maximum absolute atomic E-state index is 11.9. The van der Waals surface area contributed by atoms with Gasteiger partial charge in [-0.1, -0.05) is 19.1 Å². The number of nitrogens with two attached hydrogens (primary N) is 1. The number of likely N-dealkylation sites (tertiary alicyclic amines) is 1. The number of nitrogen functional groups attached to an aromatic ring is 1. The largest absolute Gasteiger partial charge is 0.462 e. The molecule has 0 amide bonds. The average Bonchev–Trinajstić information content (AvgIpc) is 2.45. The molecule has 1 fully saturated rings. The van der Waals surface area contributed by atoms with E-state index in [1.807, 2.05) is 6.07 Å². The van der Waals surface area contributed by atoms with Crippen LogP contribution in [0.25, 0.3) is 0 Å². The molecule has 1 heterocycles. The van der Waals surface area contributed by atoms with Crippen LogP contribution in [0.3, 0.4) is 0 Å². The average molecular weight is 262 g/mol. The van der Waals surface area contributed by atoms with E-state index >= 15 is 0 Å². The lowest BCUT2D eigenvalue weighted by molar-refractivity contribution is 0.0359. The van der Waals surface area contributed by atoms with E-state index in [9.17, 15) is 4.79 Å². The van der Waals surface area contributed by atoms with Crippen molar-refractivity contribution in [2.24, 2.45) is 5.92 Å². The van der Waals surface area contributed by atoms with E-state index in [1.165, 1.54) is 6.42 Å². The lowest BCUT2D eigenvalue weighted by Crippen LogP contribution is -2.37. The van der Waals surface area contributed by atoms with Crippen molar-refractivity contribution in [2.45, 2.75) is 19.8 Å². The summed E-state index contributed by atoms with van der Waals surface area (Å²) in [4.78, 5) is 14.3. The van der Waals surface area contributed by atoms with Crippen molar-refractivity contribution < 1.29 is 9.53 Å². The number of anilines is 1. The molecule has 0 aromatic heterocycles. The number of para-hydroxylation sites is 1. The Morgan fingerprint density at radius 3 is 3.00 bits per heavy atom. The highest BCUT2D eigenvalue weighted by Gasteiger charge is 2.20. The molecule has 1 aliphatic rings. The van der Waals surface area contributed by atoms with Gasteiger partial charge in [-0.15, -0.1) is 0 Å². The van der Waals surface area contributed by atoms with E-state index < -0.39 is 0 Å². The van der Waals surface area contributed by atoms with Crippen LogP contribution in [0.2, 0.25) is 0 Å². The monoisotopic (exact) mass is 262 g/mol. The molecule has 2 N–H and O–H groups in total. The summed E-state index contributed by atoms with van der Waals surface area (Å²) in [6.07, 6.45) is 2.32. The third-order valence-electron chi connectivity index (χ3n) is 3.68. The molecule has 2 rings (SSSR count). The number of piperidine rings is 1. The van der Waals surface area contributed by atoms with Crippen LogP contribution in [0.15, 0.2) is 24.3 Å². The highest BCUT2D eigenvalue weighted by atomic mass is 16.5. The number of nitrogens with zero attached hydrogens (tertiary/aromatic N) is 1. The minimum Gasteiger partial charge on any atom is -0.462 e. The summed E-state index contributed by atoms with van der Waals surface area (Å²) >= 11 is 0. The van der Waals surface area contributed by atoms with Crippen LogP contribution >= 0.6 is 0 Å². The quantitative estimate of drug-likeness (QED) is 0.667. The molecular formula is C15H22N2O2. The zero-order valence-corrected chi connectivity index (χ0v) is 11.5. The van der Waals surface area contributed by atoms with Gasteiger partial charge in [-0.2, -0.15) is 0 Å². The van der Waals surface area contributed by atoms with Crippen LogP contribution in [0.1, 0.15) is 30.1 Å². The Hall–Kier alpha value is -1.55. The van der Waals surface area contributed by atoms with Crippen molar-refractivity contribution in [2.75, 3.05) is 32.0 Å². The number of benzene rings is 1. The second-order valence-electron chi connectivity index (χ2n) is 5.09. The van der Waals surface area contributed by atoms with Gasteiger partial charge in [-0.25, -0.2) is 4.79 Å². The fraction of sp³-hybridized carbons (Fsp3) is 0.533. The molecule has 0 spiro atoms. The topological polar surface area (TPSA) is 55.6 Å². The van der Waals surface area contributed by atoms with Crippen LogP contribution in [0.5, 0.6) is 0 Å².